The second-order valence-electron chi connectivity index (χ2n) is 8.27. The van der Waals surface area contributed by atoms with E-state index in [0.29, 0.717) is 0 Å². The summed E-state index contributed by atoms with van der Waals surface area (Å²) in [6.45, 7) is 7.31. The van der Waals surface area contributed by atoms with Crippen molar-refractivity contribution < 1.29 is 14.6 Å². The van der Waals surface area contributed by atoms with Crippen LogP contribution in [0.2, 0.25) is 0 Å². The van der Waals surface area contributed by atoms with Gasteiger partial charge in [-0.2, -0.15) is 0 Å². The zero-order valence-electron chi connectivity index (χ0n) is 17.4. The van der Waals surface area contributed by atoms with Gasteiger partial charge in [0.15, 0.2) is 0 Å². The first-order valence-corrected chi connectivity index (χ1v) is 10.2. The van der Waals surface area contributed by atoms with Crippen LogP contribution in [0, 0.1) is 5.41 Å². The molecule has 4 nitrogen and oxygen atoms in total. The zero-order valence-corrected chi connectivity index (χ0v) is 17.4. The molecule has 0 radical (unpaired) electrons. The summed E-state index contributed by atoms with van der Waals surface area (Å²) in [7, 11) is 1.69. The average molecular weight is 384 g/mol. The first-order valence-electron chi connectivity index (χ1n) is 10.2. The minimum atomic E-state index is -0.0138. The van der Waals surface area contributed by atoms with E-state index >= 15 is 0 Å². The number of methoxy groups -OCH3 is 1. The lowest BCUT2D eigenvalue weighted by Crippen LogP contribution is -2.42. The van der Waals surface area contributed by atoms with Gasteiger partial charge in [0, 0.05) is 13.2 Å². The fourth-order valence-corrected chi connectivity index (χ4v) is 3.96. The van der Waals surface area contributed by atoms with Crippen LogP contribution in [0.15, 0.2) is 48.5 Å². The smallest absolute Gasteiger partial charge is 0.119 e. The highest BCUT2D eigenvalue weighted by molar-refractivity contribution is 5.29. The maximum atomic E-state index is 10.1. The summed E-state index contributed by atoms with van der Waals surface area (Å²) in [5, 5.41) is 10.1. The molecule has 0 spiro atoms. The number of hydrogen-bond donors (Lipinski definition) is 1. The highest BCUT2D eigenvalue weighted by Crippen LogP contribution is 2.35. The third-order valence-electron chi connectivity index (χ3n) is 5.69. The standard InChI is InChI=1S/C24H33NO3/c1-19(2)28-23-10-6-21(7-11-23)17-25-14-12-24(18-26,13-15-25)16-20-4-8-22(27-3)9-5-20/h4-11,19,26H,12-18H2,1-3H3. The number of aliphatic hydroxyl groups excluding tert-OH is 1. The first-order chi connectivity index (χ1) is 13.5. The van der Waals surface area contributed by atoms with Crippen LogP contribution in [0.3, 0.4) is 0 Å². The van der Waals surface area contributed by atoms with Gasteiger partial charge in [-0.15, -0.1) is 0 Å². The van der Waals surface area contributed by atoms with E-state index in [1.807, 2.05) is 26.0 Å². The van der Waals surface area contributed by atoms with E-state index in [-0.39, 0.29) is 18.1 Å². The highest BCUT2D eigenvalue weighted by atomic mass is 16.5. The summed E-state index contributed by atoms with van der Waals surface area (Å²) < 4.78 is 11.0. The Balaban J connectivity index is 1.54. The number of aliphatic hydroxyl groups is 1. The van der Waals surface area contributed by atoms with Crippen LogP contribution in [0.5, 0.6) is 11.5 Å². The molecule has 152 valence electrons. The lowest BCUT2D eigenvalue weighted by molar-refractivity contribution is 0.0413. The molecule has 0 unspecified atom stereocenters. The molecule has 28 heavy (non-hydrogen) atoms. The van der Waals surface area contributed by atoms with Gasteiger partial charge in [0.25, 0.3) is 0 Å². The SMILES string of the molecule is COc1ccc(CC2(CO)CCN(Cc3ccc(OC(C)C)cc3)CC2)cc1. The molecule has 1 fully saturated rings. The summed E-state index contributed by atoms with van der Waals surface area (Å²) in [6.07, 6.45) is 3.15. The molecule has 1 heterocycles. The molecular weight excluding hydrogens is 350 g/mol. The Morgan fingerprint density at radius 2 is 1.50 bits per heavy atom. The van der Waals surface area contributed by atoms with Crippen LogP contribution in [-0.2, 0) is 13.0 Å². The van der Waals surface area contributed by atoms with Crippen molar-refractivity contribution in [3.63, 3.8) is 0 Å². The first kappa shape index (κ1) is 20.7. The fourth-order valence-electron chi connectivity index (χ4n) is 3.96. The lowest BCUT2D eigenvalue weighted by Gasteiger charge is -2.41. The molecular formula is C24H33NO3. The summed E-state index contributed by atoms with van der Waals surface area (Å²) in [6, 6.07) is 16.7. The van der Waals surface area contributed by atoms with E-state index in [4.69, 9.17) is 9.47 Å². The topological polar surface area (TPSA) is 41.9 Å². The second-order valence-corrected chi connectivity index (χ2v) is 8.27. The van der Waals surface area contributed by atoms with E-state index in [0.717, 1.165) is 50.4 Å². The molecule has 1 saturated heterocycles. The quantitative estimate of drug-likeness (QED) is 0.738. The van der Waals surface area contributed by atoms with Gasteiger partial charge in [-0.05, 0) is 87.0 Å². The van der Waals surface area contributed by atoms with Gasteiger partial charge in [-0.3, -0.25) is 4.90 Å². The van der Waals surface area contributed by atoms with Crippen LogP contribution in [-0.4, -0.2) is 42.9 Å². The zero-order chi connectivity index (χ0) is 20.0. The van der Waals surface area contributed by atoms with Crippen LogP contribution in [0.4, 0.5) is 0 Å². The van der Waals surface area contributed by atoms with Crippen molar-refractivity contribution in [2.24, 2.45) is 5.41 Å². The molecule has 2 aromatic rings. The maximum Gasteiger partial charge on any atom is 0.119 e. The number of likely N-dealkylation sites (tertiary alicyclic amines) is 1. The minimum absolute atomic E-state index is 0.0138. The average Bonchev–Trinajstić information content (AvgIpc) is 2.71. The van der Waals surface area contributed by atoms with Gasteiger partial charge in [0.05, 0.1) is 13.2 Å². The third kappa shape index (κ3) is 5.49. The van der Waals surface area contributed by atoms with Gasteiger partial charge < -0.3 is 14.6 Å². The van der Waals surface area contributed by atoms with E-state index in [9.17, 15) is 5.11 Å². The van der Waals surface area contributed by atoms with E-state index in [1.54, 1.807) is 7.11 Å². The largest absolute Gasteiger partial charge is 0.497 e. The molecule has 0 aliphatic carbocycles. The molecule has 0 atom stereocenters. The Bertz CT molecular complexity index is 717. The number of piperidine rings is 1. The monoisotopic (exact) mass is 383 g/mol. The number of rotatable bonds is 8. The van der Waals surface area contributed by atoms with Crippen LogP contribution >= 0.6 is 0 Å². The predicted molar refractivity (Wildman–Crippen MR) is 113 cm³/mol. The normalized spacial score (nSPS) is 16.9. The molecule has 1 aliphatic rings. The molecule has 4 heteroatoms. The number of ether oxygens (including phenoxy) is 2. The summed E-state index contributed by atoms with van der Waals surface area (Å²) in [5.41, 5.74) is 2.56. The van der Waals surface area contributed by atoms with Crippen molar-refractivity contribution in [2.75, 3.05) is 26.8 Å². The van der Waals surface area contributed by atoms with E-state index < -0.39 is 0 Å². The van der Waals surface area contributed by atoms with E-state index in [2.05, 4.69) is 41.3 Å². The van der Waals surface area contributed by atoms with Gasteiger partial charge in [-0.1, -0.05) is 24.3 Å². The highest BCUT2D eigenvalue weighted by Gasteiger charge is 2.34. The van der Waals surface area contributed by atoms with Crippen LogP contribution in [0.1, 0.15) is 37.8 Å². The summed E-state index contributed by atoms with van der Waals surface area (Å²) >= 11 is 0. The fraction of sp³-hybridized carbons (Fsp3) is 0.500. The Morgan fingerprint density at radius 3 is 2.04 bits per heavy atom. The minimum Gasteiger partial charge on any atom is -0.497 e. The van der Waals surface area contributed by atoms with Gasteiger partial charge >= 0.3 is 0 Å². The number of benzene rings is 2. The van der Waals surface area contributed by atoms with Gasteiger partial charge in [-0.25, -0.2) is 0 Å². The Labute approximate surface area is 169 Å². The van der Waals surface area contributed by atoms with E-state index in [1.165, 1.54) is 11.1 Å². The van der Waals surface area contributed by atoms with Crippen molar-refractivity contribution >= 4 is 0 Å². The molecule has 1 aliphatic heterocycles. The van der Waals surface area contributed by atoms with Crippen molar-refractivity contribution in [2.45, 2.75) is 45.8 Å². The molecule has 1 N–H and O–H groups in total. The molecule has 0 aromatic heterocycles. The predicted octanol–water partition coefficient (Wildman–Crippen LogP) is 4.30. The number of nitrogens with zero attached hydrogens (tertiary/aromatic N) is 1. The van der Waals surface area contributed by atoms with Crippen LogP contribution < -0.4 is 9.47 Å². The van der Waals surface area contributed by atoms with Crippen molar-refractivity contribution in [1.82, 2.24) is 4.90 Å². The van der Waals surface area contributed by atoms with Crippen molar-refractivity contribution in [3.05, 3.63) is 59.7 Å². The summed E-state index contributed by atoms with van der Waals surface area (Å²) in [5.74, 6) is 1.80. The molecule has 0 amide bonds. The Kier molecular flexibility index (Phi) is 6.97. The molecule has 3 rings (SSSR count). The Hall–Kier alpha value is -2.04. The maximum absolute atomic E-state index is 10.1. The Morgan fingerprint density at radius 1 is 0.929 bits per heavy atom. The van der Waals surface area contributed by atoms with Crippen molar-refractivity contribution in [1.29, 1.82) is 0 Å². The summed E-state index contributed by atoms with van der Waals surface area (Å²) in [4.78, 5) is 2.49. The van der Waals surface area contributed by atoms with Crippen LogP contribution in [0.25, 0.3) is 0 Å². The van der Waals surface area contributed by atoms with Gasteiger partial charge in [0.1, 0.15) is 11.5 Å². The lowest BCUT2D eigenvalue weighted by atomic mass is 9.74. The number of hydrogen-bond acceptors (Lipinski definition) is 4. The van der Waals surface area contributed by atoms with Gasteiger partial charge in [0.2, 0.25) is 0 Å². The molecule has 2 aromatic carbocycles. The molecule has 0 saturated carbocycles. The van der Waals surface area contributed by atoms with Crippen molar-refractivity contribution in [3.8, 4) is 11.5 Å². The molecule has 0 bridgehead atoms. The second kappa shape index (κ2) is 9.44. The third-order valence-corrected chi connectivity index (χ3v) is 5.69.